The SMILES string of the molecule is COc1ccc(C(Br)C2CCOCC2)s1. The van der Waals surface area contributed by atoms with Gasteiger partial charge >= 0.3 is 0 Å². The summed E-state index contributed by atoms with van der Waals surface area (Å²) < 4.78 is 10.6. The minimum absolute atomic E-state index is 0.454. The van der Waals surface area contributed by atoms with Gasteiger partial charge in [-0.15, -0.1) is 11.3 Å². The van der Waals surface area contributed by atoms with Crippen LogP contribution >= 0.6 is 27.3 Å². The number of alkyl halides is 1. The van der Waals surface area contributed by atoms with E-state index in [1.54, 1.807) is 18.4 Å². The van der Waals surface area contributed by atoms with Gasteiger partial charge in [-0.25, -0.2) is 0 Å². The molecule has 2 rings (SSSR count). The molecular formula is C11H15BrO2S. The molecule has 1 aromatic heterocycles. The van der Waals surface area contributed by atoms with Crippen molar-refractivity contribution in [3.8, 4) is 5.06 Å². The number of thiophene rings is 1. The first-order chi connectivity index (χ1) is 7.31. The van der Waals surface area contributed by atoms with Crippen LogP contribution in [0.3, 0.4) is 0 Å². The van der Waals surface area contributed by atoms with Crippen molar-refractivity contribution in [1.29, 1.82) is 0 Å². The van der Waals surface area contributed by atoms with Gasteiger partial charge < -0.3 is 9.47 Å². The Hall–Kier alpha value is -0.0600. The van der Waals surface area contributed by atoms with Crippen molar-refractivity contribution in [3.05, 3.63) is 17.0 Å². The van der Waals surface area contributed by atoms with Gasteiger partial charge in [-0.2, -0.15) is 0 Å². The molecule has 1 unspecified atom stereocenters. The van der Waals surface area contributed by atoms with E-state index in [9.17, 15) is 0 Å². The van der Waals surface area contributed by atoms with E-state index in [-0.39, 0.29) is 0 Å². The van der Waals surface area contributed by atoms with Crippen molar-refractivity contribution >= 4 is 27.3 Å². The van der Waals surface area contributed by atoms with E-state index in [1.807, 2.05) is 6.07 Å². The summed E-state index contributed by atoms with van der Waals surface area (Å²) in [7, 11) is 1.72. The predicted molar refractivity (Wildman–Crippen MR) is 66.1 cm³/mol. The molecule has 0 radical (unpaired) electrons. The van der Waals surface area contributed by atoms with Gasteiger partial charge in [0.05, 0.1) is 11.9 Å². The zero-order valence-corrected chi connectivity index (χ0v) is 11.1. The maximum atomic E-state index is 5.37. The number of methoxy groups -OCH3 is 1. The minimum Gasteiger partial charge on any atom is -0.487 e. The van der Waals surface area contributed by atoms with Crippen molar-refractivity contribution < 1.29 is 9.47 Å². The molecule has 0 saturated carbocycles. The van der Waals surface area contributed by atoms with Crippen LogP contribution in [-0.4, -0.2) is 20.3 Å². The summed E-state index contributed by atoms with van der Waals surface area (Å²) in [6, 6.07) is 4.19. The second kappa shape index (κ2) is 5.32. The van der Waals surface area contributed by atoms with Crippen LogP contribution < -0.4 is 4.74 Å². The highest BCUT2D eigenvalue weighted by Crippen LogP contribution is 2.41. The fourth-order valence-electron chi connectivity index (χ4n) is 1.83. The van der Waals surface area contributed by atoms with Crippen LogP contribution in [-0.2, 0) is 4.74 Å². The molecule has 1 saturated heterocycles. The summed E-state index contributed by atoms with van der Waals surface area (Å²) in [6.45, 7) is 1.80. The molecule has 15 heavy (non-hydrogen) atoms. The summed E-state index contributed by atoms with van der Waals surface area (Å²) in [4.78, 5) is 1.81. The van der Waals surface area contributed by atoms with E-state index < -0.39 is 0 Å². The fourth-order valence-corrected chi connectivity index (χ4v) is 3.69. The molecule has 4 heteroatoms. The molecular weight excluding hydrogens is 276 g/mol. The number of halogens is 1. The van der Waals surface area contributed by atoms with Gasteiger partial charge in [0.1, 0.15) is 0 Å². The van der Waals surface area contributed by atoms with Gasteiger partial charge in [0.2, 0.25) is 0 Å². The molecule has 1 aliphatic heterocycles. The van der Waals surface area contributed by atoms with Crippen molar-refractivity contribution in [2.45, 2.75) is 17.7 Å². The summed E-state index contributed by atoms with van der Waals surface area (Å²) in [6.07, 6.45) is 2.30. The summed E-state index contributed by atoms with van der Waals surface area (Å²) in [5.41, 5.74) is 0. The number of rotatable bonds is 3. The van der Waals surface area contributed by atoms with Crippen LogP contribution in [0.25, 0.3) is 0 Å². The number of ether oxygens (including phenoxy) is 2. The van der Waals surface area contributed by atoms with E-state index in [4.69, 9.17) is 9.47 Å². The molecule has 0 N–H and O–H groups in total. The van der Waals surface area contributed by atoms with Crippen molar-refractivity contribution in [2.24, 2.45) is 5.92 Å². The van der Waals surface area contributed by atoms with E-state index in [2.05, 4.69) is 22.0 Å². The topological polar surface area (TPSA) is 18.5 Å². The van der Waals surface area contributed by atoms with Crippen LogP contribution in [0.4, 0.5) is 0 Å². The highest BCUT2D eigenvalue weighted by molar-refractivity contribution is 9.09. The summed E-state index contributed by atoms with van der Waals surface area (Å²) in [5, 5.41) is 0.988. The Labute approximate surface area is 103 Å². The Balaban J connectivity index is 2.02. The third-order valence-corrected chi connectivity index (χ3v) is 5.43. The molecule has 1 fully saturated rings. The second-order valence-electron chi connectivity index (χ2n) is 3.71. The van der Waals surface area contributed by atoms with Gasteiger partial charge in [-0.3, -0.25) is 0 Å². The smallest absolute Gasteiger partial charge is 0.173 e. The monoisotopic (exact) mass is 290 g/mol. The molecule has 84 valence electrons. The first-order valence-electron chi connectivity index (χ1n) is 5.17. The lowest BCUT2D eigenvalue weighted by atomic mass is 9.96. The van der Waals surface area contributed by atoms with Crippen molar-refractivity contribution in [3.63, 3.8) is 0 Å². The predicted octanol–water partition coefficient (Wildman–Crippen LogP) is 3.62. The first-order valence-corrected chi connectivity index (χ1v) is 6.90. The van der Waals surface area contributed by atoms with Crippen LogP contribution in [0.2, 0.25) is 0 Å². The molecule has 1 atom stereocenters. The molecule has 1 aromatic rings. The Morgan fingerprint density at radius 3 is 2.80 bits per heavy atom. The normalized spacial score (nSPS) is 20.1. The van der Waals surface area contributed by atoms with Crippen LogP contribution in [0.1, 0.15) is 22.5 Å². The molecule has 0 bridgehead atoms. The van der Waals surface area contributed by atoms with Crippen molar-refractivity contribution in [1.82, 2.24) is 0 Å². The van der Waals surface area contributed by atoms with Crippen LogP contribution in [0, 0.1) is 5.92 Å². The molecule has 0 aliphatic carbocycles. The third-order valence-electron chi connectivity index (χ3n) is 2.75. The van der Waals surface area contributed by atoms with Gasteiger partial charge in [-0.1, -0.05) is 15.9 Å². The highest BCUT2D eigenvalue weighted by Gasteiger charge is 2.24. The van der Waals surface area contributed by atoms with Gasteiger partial charge in [0, 0.05) is 18.1 Å². The largest absolute Gasteiger partial charge is 0.487 e. The maximum absolute atomic E-state index is 5.37. The number of hydrogen-bond donors (Lipinski definition) is 0. The highest BCUT2D eigenvalue weighted by atomic mass is 79.9. The van der Waals surface area contributed by atoms with E-state index >= 15 is 0 Å². The van der Waals surface area contributed by atoms with Crippen molar-refractivity contribution in [2.75, 3.05) is 20.3 Å². The molecule has 0 amide bonds. The summed E-state index contributed by atoms with van der Waals surface area (Å²) >= 11 is 5.51. The van der Waals surface area contributed by atoms with E-state index in [0.29, 0.717) is 10.7 Å². The van der Waals surface area contributed by atoms with Crippen LogP contribution in [0.5, 0.6) is 5.06 Å². The minimum atomic E-state index is 0.454. The molecule has 2 nitrogen and oxygen atoms in total. The molecule has 0 aromatic carbocycles. The molecule has 0 spiro atoms. The average molecular weight is 291 g/mol. The van der Waals surface area contributed by atoms with Gasteiger partial charge in [0.25, 0.3) is 0 Å². The quantitative estimate of drug-likeness (QED) is 0.792. The maximum Gasteiger partial charge on any atom is 0.173 e. The lowest BCUT2D eigenvalue weighted by Gasteiger charge is -2.25. The Morgan fingerprint density at radius 1 is 1.47 bits per heavy atom. The zero-order valence-electron chi connectivity index (χ0n) is 8.74. The lowest BCUT2D eigenvalue weighted by molar-refractivity contribution is 0.0664. The third kappa shape index (κ3) is 2.74. The van der Waals surface area contributed by atoms with Gasteiger partial charge in [-0.05, 0) is 30.9 Å². The Bertz CT molecular complexity index is 307. The first kappa shape index (κ1) is 11.4. The number of hydrogen-bond acceptors (Lipinski definition) is 3. The average Bonchev–Trinajstić information content (AvgIpc) is 2.78. The Morgan fingerprint density at radius 2 is 2.20 bits per heavy atom. The molecule has 2 heterocycles. The van der Waals surface area contributed by atoms with E-state index in [0.717, 1.165) is 31.1 Å². The lowest BCUT2D eigenvalue weighted by Crippen LogP contribution is -2.18. The fraction of sp³-hybridized carbons (Fsp3) is 0.636. The standard InChI is InChI=1S/C11H15BrO2S/c1-13-10-3-2-9(15-10)11(12)8-4-6-14-7-5-8/h2-3,8,11H,4-7H2,1H3. The summed E-state index contributed by atoms with van der Waals surface area (Å²) in [5.74, 6) is 0.696. The zero-order chi connectivity index (χ0) is 10.7. The van der Waals surface area contributed by atoms with E-state index in [1.165, 1.54) is 4.88 Å². The van der Waals surface area contributed by atoms with Gasteiger partial charge in [0.15, 0.2) is 5.06 Å². The Kier molecular flexibility index (Phi) is 4.05. The second-order valence-corrected chi connectivity index (χ2v) is 5.78. The molecule has 1 aliphatic rings. The van der Waals surface area contributed by atoms with Crippen LogP contribution in [0.15, 0.2) is 12.1 Å².